The van der Waals surface area contributed by atoms with Gasteiger partial charge in [-0.15, -0.1) is 11.3 Å². The second kappa shape index (κ2) is 5.47. The quantitative estimate of drug-likeness (QED) is 0.790. The van der Waals surface area contributed by atoms with Crippen LogP contribution in [0.1, 0.15) is 22.6 Å². The average Bonchev–Trinajstić information content (AvgIpc) is 2.94. The molecule has 1 saturated carbocycles. The predicted molar refractivity (Wildman–Crippen MR) is 70.0 cm³/mol. The molecule has 0 saturated heterocycles. The molecule has 1 heterocycles. The summed E-state index contributed by atoms with van der Waals surface area (Å²) < 4.78 is 0. The van der Waals surface area contributed by atoms with E-state index in [1.165, 1.54) is 30.3 Å². The lowest BCUT2D eigenvalue weighted by molar-refractivity contribution is -0.131. The first-order chi connectivity index (χ1) is 8.13. The zero-order chi connectivity index (χ0) is 12.3. The van der Waals surface area contributed by atoms with Crippen LogP contribution in [-0.2, 0) is 11.3 Å². The van der Waals surface area contributed by atoms with Crippen molar-refractivity contribution in [2.24, 2.45) is 5.92 Å². The number of thiophene rings is 1. The van der Waals surface area contributed by atoms with E-state index in [0.717, 1.165) is 17.3 Å². The Morgan fingerprint density at radius 3 is 3.00 bits per heavy atom. The largest absolute Gasteiger partial charge is 0.478 e. The van der Waals surface area contributed by atoms with Crippen molar-refractivity contribution in [2.75, 3.05) is 13.6 Å². The van der Waals surface area contributed by atoms with Gasteiger partial charge in [-0.25, -0.2) is 4.79 Å². The van der Waals surface area contributed by atoms with Gasteiger partial charge in [0.25, 0.3) is 0 Å². The van der Waals surface area contributed by atoms with E-state index in [9.17, 15) is 4.79 Å². The molecule has 0 aliphatic heterocycles. The van der Waals surface area contributed by atoms with E-state index in [4.69, 9.17) is 5.11 Å². The van der Waals surface area contributed by atoms with Gasteiger partial charge in [0.1, 0.15) is 0 Å². The molecule has 4 heteroatoms. The van der Waals surface area contributed by atoms with Crippen LogP contribution in [0.5, 0.6) is 0 Å². The van der Waals surface area contributed by atoms with Crippen molar-refractivity contribution >= 4 is 23.4 Å². The standard InChI is InChI=1S/C13H17NO2S/c1-14(8-10-2-3-10)9-12-5-4-11(17-12)6-7-13(15)16/h4-7,10H,2-3,8-9H2,1H3,(H,15,16). The Morgan fingerprint density at radius 1 is 1.59 bits per heavy atom. The highest BCUT2D eigenvalue weighted by atomic mass is 32.1. The van der Waals surface area contributed by atoms with E-state index in [1.54, 1.807) is 17.4 Å². The summed E-state index contributed by atoms with van der Waals surface area (Å²) in [7, 11) is 2.14. The second-order valence-corrected chi connectivity index (χ2v) is 5.82. The zero-order valence-electron chi connectivity index (χ0n) is 9.93. The summed E-state index contributed by atoms with van der Waals surface area (Å²) in [5, 5.41) is 8.54. The van der Waals surface area contributed by atoms with Gasteiger partial charge in [0.05, 0.1) is 0 Å². The van der Waals surface area contributed by atoms with Crippen LogP contribution < -0.4 is 0 Å². The Morgan fingerprint density at radius 2 is 2.35 bits per heavy atom. The summed E-state index contributed by atoms with van der Waals surface area (Å²) in [6.45, 7) is 2.14. The number of carboxylic acid groups (broad SMARTS) is 1. The molecule has 92 valence electrons. The van der Waals surface area contributed by atoms with Crippen molar-refractivity contribution in [3.8, 4) is 0 Å². The van der Waals surface area contributed by atoms with Gasteiger partial charge in [-0.1, -0.05) is 0 Å². The molecule has 0 unspecified atom stereocenters. The number of carboxylic acids is 1. The first-order valence-corrected chi connectivity index (χ1v) is 6.63. The topological polar surface area (TPSA) is 40.5 Å². The van der Waals surface area contributed by atoms with E-state index in [1.807, 2.05) is 6.07 Å². The fourth-order valence-electron chi connectivity index (χ4n) is 1.79. The number of hydrogen-bond acceptors (Lipinski definition) is 3. The van der Waals surface area contributed by atoms with Gasteiger partial charge in [-0.05, 0) is 44.0 Å². The van der Waals surface area contributed by atoms with Crippen LogP contribution in [-0.4, -0.2) is 29.6 Å². The SMILES string of the molecule is CN(Cc1ccc(C=CC(=O)O)s1)CC1CC1. The molecular formula is C13H17NO2S. The third kappa shape index (κ3) is 4.32. The Labute approximate surface area is 105 Å². The number of aliphatic carboxylic acids is 1. The minimum Gasteiger partial charge on any atom is -0.478 e. The molecule has 1 aromatic rings. The third-order valence-corrected chi connectivity index (χ3v) is 3.80. The summed E-state index contributed by atoms with van der Waals surface area (Å²) in [4.78, 5) is 15.0. The number of rotatable bonds is 6. The van der Waals surface area contributed by atoms with Crippen LogP contribution in [0.4, 0.5) is 0 Å². The molecule has 3 nitrogen and oxygen atoms in total. The fraction of sp³-hybridized carbons (Fsp3) is 0.462. The van der Waals surface area contributed by atoms with Crippen molar-refractivity contribution in [2.45, 2.75) is 19.4 Å². The molecule has 0 radical (unpaired) electrons. The molecule has 1 aromatic heterocycles. The molecule has 17 heavy (non-hydrogen) atoms. The average molecular weight is 251 g/mol. The number of carbonyl (C=O) groups is 1. The molecule has 0 aromatic carbocycles. The van der Waals surface area contributed by atoms with Crippen LogP contribution in [0.2, 0.25) is 0 Å². The smallest absolute Gasteiger partial charge is 0.328 e. The summed E-state index contributed by atoms with van der Waals surface area (Å²) in [5.74, 6) is 0.0112. The highest BCUT2D eigenvalue weighted by molar-refractivity contribution is 7.12. The maximum atomic E-state index is 10.4. The van der Waals surface area contributed by atoms with Gasteiger partial charge < -0.3 is 10.0 Å². The summed E-state index contributed by atoms with van der Waals surface area (Å²) >= 11 is 1.66. The van der Waals surface area contributed by atoms with Crippen molar-refractivity contribution in [1.82, 2.24) is 4.90 Å². The summed E-state index contributed by atoms with van der Waals surface area (Å²) in [6, 6.07) is 4.06. The molecule has 0 spiro atoms. The molecule has 0 atom stereocenters. The van der Waals surface area contributed by atoms with Gasteiger partial charge in [0.15, 0.2) is 0 Å². The van der Waals surface area contributed by atoms with Crippen LogP contribution >= 0.6 is 11.3 Å². The van der Waals surface area contributed by atoms with Crippen LogP contribution in [0, 0.1) is 5.92 Å². The van der Waals surface area contributed by atoms with Crippen molar-refractivity contribution in [1.29, 1.82) is 0 Å². The van der Waals surface area contributed by atoms with E-state index >= 15 is 0 Å². The van der Waals surface area contributed by atoms with E-state index in [-0.39, 0.29) is 0 Å². The highest BCUT2D eigenvalue weighted by Gasteiger charge is 2.22. The van der Waals surface area contributed by atoms with Crippen LogP contribution in [0.3, 0.4) is 0 Å². The first-order valence-electron chi connectivity index (χ1n) is 5.82. The molecule has 0 amide bonds. The summed E-state index contributed by atoms with van der Waals surface area (Å²) in [5.41, 5.74) is 0. The minimum atomic E-state index is -0.897. The first kappa shape index (κ1) is 12.3. The van der Waals surface area contributed by atoms with Gasteiger partial charge in [-0.2, -0.15) is 0 Å². The van der Waals surface area contributed by atoms with Gasteiger partial charge in [0.2, 0.25) is 0 Å². The van der Waals surface area contributed by atoms with Crippen LogP contribution in [0.25, 0.3) is 6.08 Å². The van der Waals surface area contributed by atoms with Crippen molar-refractivity contribution in [3.05, 3.63) is 28.0 Å². The van der Waals surface area contributed by atoms with E-state index in [2.05, 4.69) is 18.0 Å². The number of hydrogen-bond donors (Lipinski definition) is 1. The lowest BCUT2D eigenvalue weighted by Gasteiger charge is -2.14. The molecule has 0 bridgehead atoms. The third-order valence-electron chi connectivity index (χ3n) is 2.77. The maximum Gasteiger partial charge on any atom is 0.328 e. The fourth-order valence-corrected chi connectivity index (χ4v) is 2.79. The van der Waals surface area contributed by atoms with E-state index in [0.29, 0.717) is 0 Å². The molecule has 1 fully saturated rings. The molecule has 1 aliphatic rings. The summed E-state index contributed by atoms with van der Waals surface area (Å²) in [6.07, 6.45) is 5.59. The molecular weight excluding hydrogens is 234 g/mol. The van der Waals surface area contributed by atoms with Gasteiger partial charge in [0, 0.05) is 28.9 Å². The lowest BCUT2D eigenvalue weighted by atomic mass is 10.3. The Kier molecular flexibility index (Phi) is 3.97. The van der Waals surface area contributed by atoms with Crippen molar-refractivity contribution < 1.29 is 9.90 Å². The van der Waals surface area contributed by atoms with Gasteiger partial charge in [-0.3, -0.25) is 0 Å². The normalized spacial score (nSPS) is 15.9. The number of nitrogens with zero attached hydrogens (tertiary/aromatic N) is 1. The molecule has 1 aliphatic carbocycles. The Hall–Kier alpha value is -1.13. The maximum absolute atomic E-state index is 10.4. The highest BCUT2D eigenvalue weighted by Crippen LogP contribution is 2.30. The predicted octanol–water partition coefficient (Wildman–Crippen LogP) is 2.69. The van der Waals surface area contributed by atoms with E-state index < -0.39 is 5.97 Å². The molecule has 1 N–H and O–H groups in total. The Balaban J connectivity index is 1.86. The van der Waals surface area contributed by atoms with Gasteiger partial charge >= 0.3 is 5.97 Å². The lowest BCUT2D eigenvalue weighted by Crippen LogP contribution is -2.19. The second-order valence-electron chi connectivity index (χ2n) is 4.62. The monoisotopic (exact) mass is 251 g/mol. The minimum absolute atomic E-state index is 0.897. The van der Waals surface area contributed by atoms with Crippen LogP contribution in [0.15, 0.2) is 18.2 Å². The zero-order valence-corrected chi connectivity index (χ0v) is 10.7. The van der Waals surface area contributed by atoms with Crippen molar-refractivity contribution in [3.63, 3.8) is 0 Å². The molecule has 2 rings (SSSR count). The Bertz CT molecular complexity index is 421.